The molecule has 1 saturated heterocycles. The summed E-state index contributed by atoms with van der Waals surface area (Å²) in [6.45, 7) is 9.94. The van der Waals surface area contributed by atoms with Crippen LogP contribution < -0.4 is 14.8 Å². The SMILES string of the molecule is CCCN(CCC)c1ccc2nc3ccc(=[N+]4CCOCC4)cc-3oc2c1. The first kappa shape index (κ1) is 18.0. The summed E-state index contributed by atoms with van der Waals surface area (Å²) in [5.41, 5.74) is 3.85. The molecule has 0 N–H and O–H groups in total. The van der Waals surface area contributed by atoms with Gasteiger partial charge in [0, 0.05) is 30.9 Å². The predicted octanol–water partition coefficient (Wildman–Crippen LogP) is 3.36. The highest BCUT2D eigenvalue weighted by Crippen LogP contribution is 2.27. The van der Waals surface area contributed by atoms with E-state index in [2.05, 4.69) is 59.7 Å². The van der Waals surface area contributed by atoms with Crippen molar-refractivity contribution in [2.24, 2.45) is 0 Å². The Labute approximate surface area is 160 Å². The first-order chi connectivity index (χ1) is 13.3. The molecule has 0 atom stereocenters. The molecule has 0 radical (unpaired) electrons. The van der Waals surface area contributed by atoms with E-state index in [9.17, 15) is 0 Å². The van der Waals surface area contributed by atoms with Gasteiger partial charge in [0.05, 0.1) is 6.07 Å². The molecular formula is C22H28N3O2+. The second-order valence-electron chi connectivity index (χ2n) is 7.10. The Kier molecular flexibility index (Phi) is 5.39. The number of morpholine rings is 1. The van der Waals surface area contributed by atoms with E-state index in [0.29, 0.717) is 0 Å². The lowest BCUT2D eigenvalue weighted by Gasteiger charge is -2.23. The second-order valence-corrected chi connectivity index (χ2v) is 7.10. The predicted molar refractivity (Wildman–Crippen MR) is 109 cm³/mol. The van der Waals surface area contributed by atoms with Crippen molar-refractivity contribution in [2.75, 3.05) is 44.3 Å². The minimum atomic E-state index is 0.777. The summed E-state index contributed by atoms with van der Waals surface area (Å²) in [5, 5.41) is 1.17. The molecule has 0 saturated carbocycles. The standard InChI is InChI=1S/C22H28N3O2/c1-3-9-24(10-4-2)17-5-7-19-21(15-17)27-22-16-18(6-8-20(22)23-19)25-11-13-26-14-12-25/h5-8,15-16H,3-4,9-14H2,1-2H3/q+1. The summed E-state index contributed by atoms with van der Waals surface area (Å²) < 4.78 is 14.1. The molecule has 0 spiro atoms. The Morgan fingerprint density at radius 1 is 1.00 bits per heavy atom. The van der Waals surface area contributed by atoms with Gasteiger partial charge in [-0.25, -0.2) is 9.56 Å². The van der Waals surface area contributed by atoms with Gasteiger partial charge in [-0.05, 0) is 31.0 Å². The van der Waals surface area contributed by atoms with Gasteiger partial charge in [-0.2, -0.15) is 0 Å². The molecule has 5 nitrogen and oxygen atoms in total. The van der Waals surface area contributed by atoms with Crippen molar-refractivity contribution in [3.63, 3.8) is 0 Å². The van der Waals surface area contributed by atoms with E-state index in [0.717, 1.165) is 74.8 Å². The van der Waals surface area contributed by atoms with Gasteiger partial charge < -0.3 is 14.1 Å². The van der Waals surface area contributed by atoms with Gasteiger partial charge in [0.15, 0.2) is 24.4 Å². The Morgan fingerprint density at radius 3 is 2.52 bits per heavy atom. The van der Waals surface area contributed by atoms with E-state index >= 15 is 0 Å². The summed E-state index contributed by atoms with van der Waals surface area (Å²) in [6, 6.07) is 12.6. The summed E-state index contributed by atoms with van der Waals surface area (Å²) in [6.07, 6.45) is 2.27. The minimum Gasteiger partial charge on any atom is -0.452 e. The smallest absolute Gasteiger partial charge is 0.203 e. The molecule has 5 heteroatoms. The zero-order chi connectivity index (χ0) is 18.6. The van der Waals surface area contributed by atoms with Crippen molar-refractivity contribution in [3.8, 4) is 11.5 Å². The topological polar surface area (TPSA) is 41.5 Å². The highest BCUT2D eigenvalue weighted by molar-refractivity contribution is 5.80. The molecule has 142 valence electrons. The van der Waals surface area contributed by atoms with Gasteiger partial charge in [-0.15, -0.1) is 0 Å². The first-order valence-corrected chi connectivity index (χ1v) is 10.0. The number of hydrogen-bond donors (Lipinski definition) is 0. The third kappa shape index (κ3) is 3.83. The van der Waals surface area contributed by atoms with E-state index < -0.39 is 0 Å². The van der Waals surface area contributed by atoms with Gasteiger partial charge >= 0.3 is 0 Å². The van der Waals surface area contributed by atoms with Crippen molar-refractivity contribution in [2.45, 2.75) is 26.7 Å². The summed E-state index contributed by atoms with van der Waals surface area (Å²) in [5.74, 6) is 0.834. The van der Waals surface area contributed by atoms with Crippen LogP contribution in [0, 0.1) is 0 Å². The van der Waals surface area contributed by atoms with Crippen molar-refractivity contribution in [1.82, 2.24) is 9.56 Å². The summed E-state index contributed by atoms with van der Waals surface area (Å²) >= 11 is 0. The lowest BCUT2D eigenvalue weighted by atomic mass is 10.2. The maximum absolute atomic E-state index is 6.28. The van der Waals surface area contributed by atoms with Crippen LogP contribution in [0.15, 0.2) is 40.8 Å². The normalized spacial score (nSPS) is 14.8. The average Bonchev–Trinajstić information content (AvgIpc) is 2.72. The highest BCUT2D eigenvalue weighted by atomic mass is 16.5. The van der Waals surface area contributed by atoms with Crippen LogP contribution in [0.5, 0.6) is 0 Å². The Bertz CT molecular complexity index is 949. The largest absolute Gasteiger partial charge is 0.452 e. The van der Waals surface area contributed by atoms with E-state index in [1.807, 2.05) is 0 Å². The van der Waals surface area contributed by atoms with Gasteiger partial charge in [0.2, 0.25) is 5.36 Å². The first-order valence-electron chi connectivity index (χ1n) is 10.0. The molecule has 0 aromatic heterocycles. The fraction of sp³-hybridized carbons (Fsp3) is 0.455. The van der Waals surface area contributed by atoms with Crippen LogP contribution in [-0.4, -0.2) is 44.4 Å². The van der Waals surface area contributed by atoms with E-state index in [4.69, 9.17) is 14.1 Å². The molecule has 4 rings (SSSR count). The molecular weight excluding hydrogens is 338 g/mol. The Balaban J connectivity index is 1.78. The van der Waals surface area contributed by atoms with Gasteiger partial charge in [0.1, 0.15) is 24.4 Å². The maximum Gasteiger partial charge on any atom is 0.203 e. The van der Waals surface area contributed by atoms with Crippen LogP contribution in [0.4, 0.5) is 5.69 Å². The number of hydrogen-bond acceptors (Lipinski definition) is 4. The molecule has 2 aliphatic heterocycles. The number of benzene rings is 2. The van der Waals surface area contributed by atoms with Crippen LogP contribution in [0.2, 0.25) is 0 Å². The number of fused-ring (bicyclic) bond motifs is 2. The summed E-state index contributed by atoms with van der Waals surface area (Å²) in [7, 11) is 0. The molecule has 0 amide bonds. The van der Waals surface area contributed by atoms with E-state index in [1.54, 1.807) is 0 Å². The summed E-state index contributed by atoms with van der Waals surface area (Å²) in [4.78, 5) is 7.22. The lowest BCUT2D eigenvalue weighted by Crippen LogP contribution is -2.39. The second kappa shape index (κ2) is 8.09. The molecule has 3 aliphatic rings. The fourth-order valence-electron chi connectivity index (χ4n) is 3.73. The van der Waals surface area contributed by atoms with Gasteiger partial charge in [0.25, 0.3) is 0 Å². The average molecular weight is 366 g/mol. The third-order valence-electron chi connectivity index (χ3n) is 5.08. The number of ether oxygens (including phenoxy) is 1. The number of nitrogens with zero attached hydrogens (tertiary/aromatic N) is 3. The fourth-order valence-corrected chi connectivity index (χ4v) is 3.73. The molecule has 2 heterocycles. The van der Waals surface area contributed by atoms with E-state index in [-0.39, 0.29) is 0 Å². The maximum atomic E-state index is 6.28. The molecule has 0 unspecified atom stereocenters. The molecule has 0 bridgehead atoms. The molecule has 1 aromatic carbocycles. The number of rotatable bonds is 5. The zero-order valence-corrected chi connectivity index (χ0v) is 16.3. The van der Waals surface area contributed by atoms with Crippen LogP contribution in [0.3, 0.4) is 0 Å². The minimum absolute atomic E-state index is 0.777. The van der Waals surface area contributed by atoms with Crippen molar-refractivity contribution >= 4 is 16.8 Å². The van der Waals surface area contributed by atoms with Crippen LogP contribution in [0.1, 0.15) is 26.7 Å². The van der Waals surface area contributed by atoms with Crippen LogP contribution in [0.25, 0.3) is 22.6 Å². The molecule has 27 heavy (non-hydrogen) atoms. The van der Waals surface area contributed by atoms with E-state index in [1.165, 1.54) is 11.0 Å². The van der Waals surface area contributed by atoms with Gasteiger partial charge in [-0.3, -0.25) is 0 Å². The third-order valence-corrected chi connectivity index (χ3v) is 5.08. The highest BCUT2D eigenvalue weighted by Gasteiger charge is 2.16. The Hall–Kier alpha value is -2.40. The Morgan fingerprint density at radius 2 is 1.78 bits per heavy atom. The number of aromatic nitrogens is 1. The molecule has 1 aromatic rings. The van der Waals surface area contributed by atoms with Crippen molar-refractivity contribution in [3.05, 3.63) is 41.8 Å². The molecule has 1 fully saturated rings. The van der Waals surface area contributed by atoms with Gasteiger partial charge in [-0.1, -0.05) is 13.8 Å². The quantitative estimate of drug-likeness (QED) is 0.513. The van der Waals surface area contributed by atoms with Crippen LogP contribution >= 0.6 is 0 Å². The number of anilines is 1. The van der Waals surface area contributed by atoms with Crippen molar-refractivity contribution in [1.29, 1.82) is 0 Å². The monoisotopic (exact) mass is 366 g/mol. The lowest BCUT2D eigenvalue weighted by molar-refractivity contribution is 0.0965. The van der Waals surface area contributed by atoms with Crippen molar-refractivity contribution < 1.29 is 9.15 Å². The molecule has 1 aliphatic carbocycles. The zero-order valence-electron chi connectivity index (χ0n) is 16.3. The van der Waals surface area contributed by atoms with Crippen LogP contribution in [-0.2, 0) is 4.74 Å².